The Bertz CT molecular complexity index is 797. The van der Waals surface area contributed by atoms with Crippen LogP contribution in [0.4, 0.5) is 0 Å². The van der Waals surface area contributed by atoms with Crippen LogP contribution in [0.3, 0.4) is 0 Å². The first-order chi connectivity index (χ1) is 13.5. The third-order valence-corrected chi connectivity index (χ3v) is 5.25. The van der Waals surface area contributed by atoms with Gasteiger partial charge in [0.15, 0.2) is 18.3 Å². The van der Waals surface area contributed by atoms with Crippen molar-refractivity contribution in [1.82, 2.24) is 10.3 Å². The Labute approximate surface area is 165 Å². The first kappa shape index (κ1) is 20.1. The molecule has 1 amide bonds. The monoisotopic (exact) mass is 384 g/mol. The first-order valence-electron chi connectivity index (χ1n) is 9.98. The fraction of sp³-hybridized carbons (Fsp3) is 0.500. The molecule has 6 nitrogen and oxygen atoms in total. The molecule has 2 atom stereocenters. The van der Waals surface area contributed by atoms with E-state index in [9.17, 15) is 9.59 Å². The van der Waals surface area contributed by atoms with E-state index in [0.717, 1.165) is 24.8 Å². The predicted octanol–water partition coefficient (Wildman–Crippen LogP) is 3.82. The quantitative estimate of drug-likeness (QED) is 0.734. The Balaban J connectivity index is 1.39. The van der Waals surface area contributed by atoms with Crippen LogP contribution >= 0.6 is 0 Å². The van der Waals surface area contributed by atoms with Gasteiger partial charge in [-0.05, 0) is 25.7 Å². The number of rotatable bonds is 7. The van der Waals surface area contributed by atoms with Crippen LogP contribution in [-0.2, 0) is 20.7 Å². The second-order valence-electron chi connectivity index (χ2n) is 7.58. The van der Waals surface area contributed by atoms with Crippen LogP contribution < -0.4 is 5.32 Å². The van der Waals surface area contributed by atoms with Gasteiger partial charge in [0.05, 0.1) is 12.6 Å². The minimum absolute atomic E-state index is 0.126. The first-order valence-corrected chi connectivity index (χ1v) is 9.98. The number of aryl methyl sites for hydroxylation is 2. The average molecular weight is 384 g/mol. The van der Waals surface area contributed by atoms with Gasteiger partial charge in [-0.2, -0.15) is 0 Å². The van der Waals surface area contributed by atoms with Crippen LogP contribution in [0, 0.1) is 12.8 Å². The molecule has 1 N–H and O–H groups in total. The highest BCUT2D eigenvalue weighted by Gasteiger charge is 2.23. The number of nitrogens with zero attached hydrogens (tertiary/aromatic N) is 1. The van der Waals surface area contributed by atoms with Gasteiger partial charge in [-0.15, -0.1) is 0 Å². The van der Waals surface area contributed by atoms with Crippen LogP contribution in [0.1, 0.15) is 50.5 Å². The van der Waals surface area contributed by atoms with Gasteiger partial charge in [0.25, 0.3) is 5.91 Å². The van der Waals surface area contributed by atoms with E-state index < -0.39 is 5.97 Å². The number of amides is 1. The summed E-state index contributed by atoms with van der Waals surface area (Å²) in [7, 11) is 0. The van der Waals surface area contributed by atoms with Crippen LogP contribution in [0.5, 0.6) is 0 Å². The van der Waals surface area contributed by atoms with E-state index in [1.807, 2.05) is 31.2 Å². The number of benzene rings is 1. The molecule has 1 aliphatic rings. The van der Waals surface area contributed by atoms with E-state index >= 15 is 0 Å². The highest BCUT2D eigenvalue weighted by Crippen LogP contribution is 2.23. The molecule has 1 heterocycles. The predicted molar refractivity (Wildman–Crippen MR) is 106 cm³/mol. The molecule has 0 unspecified atom stereocenters. The van der Waals surface area contributed by atoms with Crippen molar-refractivity contribution in [3.8, 4) is 11.3 Å². The molecule has 1 fully saturated rings. The Morgan fingerprint density at radius 3 is 2.71 bits per heavy atom. The second-order valence-corrected chi connectivity index (χ2v) is 7.58. The summed E-state index contributed by atoms with van der Waals surface area (Å²) in [6.45, 7) is 3.94. The van der Waals surface area contributed by atoms with Crippen LogP contribution in [-0.4, -0.2) is 29.5 Å². The fourth-order valence-corrected chi connectivity index (χ4v) is 3.48. The summed E-state index contributed by atoms with van der Waals surface area (Å²) in [4.78, 5) is 28.1. The number of oxazole rings is 1. The maximum Gasteiger partial charge on any atom is 0.306 e. The lowest BCUT2D eigenvalue weighted by Gasteiger charge is -2.29. The molecule has 0 aliphatic heterocycles. The molecule has 28 heavy (non-hydrogen) atoms. The summed E-state index contributed by atoms with van der Waals surface area (Å²) in [5.74, 6) is 0.963. The summed E-state index contributed by atoms with van der Waals surface area (Å²) in [5.41, 5.74) is 2.12. The minimum Gasteiger partial charge on any atom is -0.456 e. The number of carbonyl (C=O) groups is 2. The Morgan fingerprint density at radius 2 is 1.96 bits per heavy atom. The Hall–Kier alpha value is -2.63. The highest BCUT2D eigenvalue weighted by molar-refractivity contribution is 5.80. The van der Waals surface area contributed by atoms with Crippen LogP contribution in [0.15, 0.2) is 34.9 Å². The summed E-state index contributed by atoms with van der Waals surface area (Å²) >= 11 is 0. The summed E-state index contributed by atoms with van der Waals surface area (Å²) in [5, 5.41) is 2.98. The van der Waals surface area contributed by atoms with Gasteiger partial charge in [-0.25, -0.2) is 4.98 Å². The number of hydrogen-bond acceptors (Lipinski definition) is 5. The number of esters is 1. The Kier molecular flexibility index (Phi) is 6.85. The Morgan fingerprint density at radius 1 is 1.21 bits per heavy atom. The lowest BCUT2D eigenvalue weighted by atomic mass is 9.86. The van der Waals surface area contributed by atoms with Gasteiger partial charge in [-0.1, -0.05) is 49.6 Å². The summed E-state index contributed by atoms with van der Waals surface area (Å²) in [6.07, 6.45) is 6.60. The fourth-order valence-electron chi connectivity index (χ4n) is 3.48. The third-order valence-electron chi connectivity index (χ3n) is 5.25. The highest BCUT2D eigenvalue weighted by atomic mass is 16.5. The van der Waals surface area contributed by atoms with E-state index in [-0.39, 0.29) is 25.0 Å². The lowest BCUT2D eigenvalue weighted by Crippen LogP contribution is -2.42. The van der Waals surface area contributed by atoms with Crippen molar-refractivity contribution in [1.29, 1.82) is 0 Å². The zero-order chi connectivity index (χ0) is 19.9. The number of hydrogen-bond donors (Lipinski definition) is 1. The molecular weight excluding hydrogens is 356 g/mol. The van der Waals surface area contributed by atoms with Gasteiger partial charge < -0.3 is 14.5 Å². The third kappa shape index (κ3) is 5.68. The zero-order valence-electron chi connectivity index (χ0n) is 16.6. The molecule has 1 aromatic carbocycles. The van der Waals surface area contributed by atoms with Gasteiger partial charge in [0.1, 0.15) is 0 Å². The molecule has 1 aromatic heterocycles. The van der Waals surface area contributed by atoms with Crippen LogP contribution in [0.2, 0.25) is 0 Å². The molecule has 0 spiro atoms. The van der Waals surface area contributed by atoms with Gasteiger partial charge in [0, 0.05) is 18.0 Å². The maximum atomic E-state index is 12.0. The average Bonchev–Trinajstić information content (AvgIpc) is 3.16. The molecule has 1 saturated carbocycles. The smallest absolute Gasteiger partial charge is 0.306 e. The molecule has 3 rings (SSSR count). The molecule has 1 aliphatic carbocycles. The minimum atomic E-state index is -0.429. The van der Waals surface area contributed by atoms with Crippen molar-refractivity contribution in [3.63, 3.8) is 0 Å². The largest absolute Gasteiger partial charge is 0.456 e. The van der Waals surface area contributed by atoms with E-state index in [1.165, 1.54) is 12.0 Å². The van der Waals surface area contributed by atoms with E-state index in [2.05, 4.69) is 17.2 Å². The second kappa shape index (κ2) is 9.53. The zero-order valence-corrected chi connectivity index (χ0v) is 16.6. The normalized spacial score (nSPS) is 19.2. The SMILES string of the molecule is Cc1ccc(-c2cnc(CCC(=O)OCC(=O)N[C@H]3CCCC[C@H]3C)o2)cc1. The molecule has 150 valence electrons. The number of carbonyl (C=O) groups excluding carboxylic acids is 2. The van der Waals surface area contributed by atoms with Gasteiger partial charge in [0.2, 0.25) is 0 Å². The summed E-state index contributed by atoms with van der Waals surface area (Å²) < 4.78 is 10.8. The number of aromatic nitrogens is 1. The van der Waals surface area contributed by atoms with Crippen molar-refractivity contribution in [2.24, 2.45) is 5.92 Å². The van der Waals surface area contributed by atoms with Gasteiger partial charge in [-0.3, -0.25) is 9.59 Å². The van der Waals surface area contributed by atoms with Crippen molar-refractivity contribution in [3.05, 3.63) is 41.9 Å². The molecule has 2 aromatic rings. The summed E-state index contributed by atoms with van der Waals surface area (Å²) in [6, 6.07) is 8.15. The van der Waals surface area contributed by atoms with E-state index in [4.69, 9.17) is 9.15 Å². The van der Waals surface area contributed by atoms with Crippen molar-refractivity contribution < 1.29 is 18.7 Å². The molecule has 6 heteroatoms. The number of nitrogens with one attached hydrogen (secondary N) is 1. The van der Waals surface area contributed by atoms with Gasteiger partial charge >= 0.3 is 5.97 Å². The van der Waals surface area contributed by atoms with Crippen molar-refractivity contribution >= 4 is 11.9 Å². The van der Waals surface area contributed by atoms with Crippen LogP contribution in [0.25, 0.3) is 11.3 Å². The lowest BCUT2D eigenvalue weighted by molar-refractivity contribution is -0.148. The topological polar surface area (TPSA) is 81.4 Å². The number of ether oxygens (including phenoxy) is 1. The molecule has 0 saturated heterocycles. The van der Waals surface area contributed by atoms with Crippen molar-refractivity contribution in [2.45, 2.75) is 58.4 Å². The maximum absolute atomic E-state index is 12.0. The van der Waals surface area contributed by atoms with E-state index in [1.54, 1.807) is 6.20 Å². The molecular formula is C22H28N2O4. The standard InChI is InChI=1S/C22H28N2O4/c1-15-7-9-17(10-8-15)19-13-23-21(28-19)11-12-22(26)27-14-20(25)24-18-6-4-3-5-16(18)2/h7-10,13,16,18H,3-6,11-12,14H2,1-2H3,(H,24,25)/t16-,18+/m1/s1. The van der Waals surface area contributed by atoms with Crippen molar-refractivity contribution in [2.75, 3.05) is 6.61 Å². The molecule has 0 radical (unpaired) electrons. The molecule has 0 bridgehead atoms. The van der Waals surface area contributed by atoms with E-state index in [0.29, 0.717) is 24.0 Å².